The highest BCUT2D eigenvalue weighted by molar-refractivity contribution is 5.77. The van der Waals surface area contributed by atoms with Gasteiger partial charge in [-0.15, -0.1) is 0 Å². The number of rotatable bonds is 6. The van der Waals surface area contributed by atoms with Crippen molar-refractivity contribution in [3.63, 3.8) is 0 Å². The lowest BCUT2D eigenvalue weighted by atomic mass is 10.1. The standard InChI is InChI=1S/C27H34FN7O/c1-20-22(10-11-27(36)34-16-14-32(15-17-34)24-9-5-4-8-23(24)28)21(2)35(31-20)26-18-25(29-19-30-26)33-12-6-3-7-13-33/h4-5,8-9,18-19H,3,6-7,10-17H2,1-2H3. The number of hydrogen-bond donors (Lipinski definition) is 0. The van der Waals surface area contributed by atoms with Crippen LogP contribution in [-0.2, 0) is 11.2 Å². The summed E-state index contributed by atoms with van der Waals surface area (Å²) in [6, 6.07) is 8.82. The monoisotopic (exact) mass is 491 g/mol. The minimum absolute atomic E-state index is 0.129. The van der Waals surface area contributed by atoms with E-state index in [0.717, 1.165) is 41.7 Å². The number of para-hydroxylation sites is 1. The largest absolute Gasteiger partial charge is 0.366 e. The number of aromatic nitrogens is 4. The van der Waals surface area contributed by atoms with Crippen LogP contribution in [0.15, 0.2) is 36.7 Å². The quantitative estimate of drug-likeness (QED) is 0.524. The van der Waals surface area contributed by atoms with Crippen molar-refractivity contribution < 1.29 is 9.18 Å². The molecule has 2 saturated heterocycles. The summed E-state index contributed by atoms with van der Waals surface area (Å²) in [5.41, 5.74) is 3.62. The van der Waals surface area contributed by atoms with E-state index in [4.69, 9.17) is 5.10 Å². The first-order valence-corrected chi connectivity index (χ1v) is 12.9. The number of piperidine rings is 1. The molecule has 2 fully saturated rings. The summed E-state index contributed by atoms with van der Waals surface area (Å²) < 4.78 is 16.0. The average Bonchev–Trinajstić information content (AvgIpc) is 3.21. The lowest BCUT2D eigenvalue weighted by molar-refractivity contribution is -0.131. The molecule has 0 radical (unpaired) electrons. The van der Waals surface area contributed by atoms with E-state index in [-0.39, 0.29) is 11.7 Å². The van der Waals surface area contributed by atoms with Crippen molar-refractivity contribution >= 4 is 17.4 Å². The number of piperazine rings is 1. The Kier molecular flexibility index (Phi) is 7.16. The van der Waals surface area contributed by atoms with Crippen molar-refractivity contribution in [3.8, 4) is 5.82 Å². The van der Waals surface area contributed by atoms with E-state index in [1.807, 2.05) is 40.5 Å². The van der Waals surface area contributed by atoms with Crippen LogP contribution in [0.5, 0.6) is 0 Å². The molecule has 190 valence electrons. The molecule has 2 aromatic heterocycles. The van der Waals surface area contributed by atoms with Gasteiger partial charge in [0.2, 0.25) is 5.91 Å². The molecule has 2 aliphatic rings. The Balaban J connectivity index is 1.21. The van der Waals surface area contributed by atoms with Crippen molar-refractivity contribution in [1.82, 2.24) is 24.6 Å². The molecule has 0 N–H and O–H groups in total. The van der Waals surface area contributed by atoms with E-state index >= 15 is 0 Å². The second-order valence-electron chi connectivity index (χ2n) is 9.66. The minimum atomic E-state index is -0.216. The molecule has 4 heterocycles. The van der Waals surface area contributed by atoms with Crippen LogP contribution in [-0.4, -0.2) is 69.8 Å². The molecule has 0 saturated carbocycles. The molecule has 2 aliphatic heterocycles. The summed E-state index contributed by atoms with van der Waals surface area (Å²) >= 11 is 0. The number of halogens is 1. The molecule has 1 amide bonds. The van der Waals surface area contributed by atoms with E-state index < -0.39 is 0 Å². The summed E-state index contributed by atoms with van der Waals surface area (Å²) in [6.45, 7) is 8.55. The summed E-state index contributed by atoms with van der Waals surface area (Å²) in [5, 5.41) is 4.75. The van der Waals surface area contributed by atoms with E-state index in [2.05, 4.69) is 14.9 Å². The molecule has 8 nitrogen and oxygen atoms in total. The van der Waals surface area contributed by atoms with E-state index in [0.29, 0.717) is 44.7 Å². The maximum Gasteiger partial charge on any atom is 0.223 e. The van der Waals surface area contributed by atoms with Crippen LogP contribution in [0.4, 0.5) is 15.9 Å². The van der Waals surface area contributed by atoms with Gasteiger partial charge in [0.25, 0.3) is 0 Å². The smallest absolute Gasteiger partial charge is 0.223 e. The zero-order valence-corrected chi connectivity index (χ0v) is 21.2. The predicted molar refractivity (Wildman–Crippen MR) is 138 cm³/mol. The number of anilines is 2. The number of nitrogens with zero attached hydrogens (tertiary/aromatic N) is 7. The van der Waals surface area contributed by atoms with Crippen LogP contribution in [0.3, 0.4) is 0 Å². The van der Waals surface area contributed by atoms with Crippen LogP contribution < -0.4 is 9.80 Å². The van der Waals surface area contributed by atoms with Crippen LogP contribution in [0, 0.1) is 19.7 Å². The first-order chi connectivity index (χ1) is 17.5. The third-order valence-corrected chi connectivity index (χ3v) is 7.39. The van der Waals surface area contributed by atoms with E-state index in [1.54, 1.807) is 18.5 Å². The molecule has 0 spiro atoms. The van der Waals surface area contributed by atoms with Gasteiger partial charge in [0.05, 0.1) is 11.4 Å². The second-order valence-corrected chi connectivity index (χ2v) is 9.66. The molecule has 0 aliphatic carbocycles. The third-order valence-electron chi connectivity index (χ3n) is 7.39. The first-order valence-electron chi connectivity index (χ1n) is 12.9. The Hall–Kier alpha value is -3.49. The third kappa shape index (κ3) is 5.05. The van der Waals surface area contributed by atoms with E-state index in [9.17, 15) is 9.18 Å². The van der Waals surface area contributed by atoms with Gasteiger partial charge in [-0.1, -0.05) is 12.1 Å². The zero-order chi connectivity index (χ0) is 25.1. The van der Waals surface area contributed by atoms with Gasteiger partial charge >= 0.3 is 0 Å². The SMILES string of the molecule is Cc1nn(-c2cc(N3CCCCC3)ncn2)c(C)c1CCC(=O)N1CCN(c2ccccc2F)CC1. The van der Waals surface area contributed by atoms with Gasteiger partial charge in [-0.2, -0.15) is 5.10 Å². The highest BCUT2D eigenvalue weighted by Crippen LogP contribution is 2.23. The molecule has 0 unspecified atom stereocenters. The Morgan fingerprint density at radius 1 is 0.917 bits per heavy atom. The summed E-state index contributed by atoms with van der Waals surface area (Å²) in [4.78, 5) is 28.2. The van der Waals surface area contributed by atoms with Gasteiger partial charge in [-0.25, -0.2) is 19.0 Å². The predicted octanol–water partition coefficient (Wildman–Crippen LogP) is 3.69. The number of hydrogen-bond acceptors (Lipinski definition) is 6. The Labute approximate surface area is 211 Å². The van der Waals surface area contributed by atoms with Gasteiger partial charge in [0.15, 0.2) is 5.82 Å². The molecule has 0 atom stereocenters. The number of amides is 1. The summed E-state index contributed by atoms with van der Waals surface area (Å²) in [5.74, 6) is 1.61. The molecular formula is C27H34FN7O. The topological polar surface area (TPSA) is 70.4 Å². The van der Waals surface area contributed by atoms with Crippen molar-refractivity contribution in [2.24, 2.45) is 0 Å². The van der Waals surface area contributed by atoms with E-state index in [1.165, 1.54) is 25.3 Å². The number of carbonyl (C=O) groups is 1. The van der Waals surface area contributed by atoms with Gasteiger partial charge in [-0.05, 0) is 57.2 Å². The molecule has 0 bridgehead atoms. The molecule has 1 aromatic carbocycles. The Bertz CT molecular complexity index is 1210. The lowest BCUT2D eigenvalue weighted by Gasteiger charge is -2.36. The normalized spacial score (nSPS) is 16.5. The van der Waals surface area contributed by atoms with Crippen molar-refractivity contribution in [2.75, 3.05) is 49.1 Å². The fourth-order valence-electron chi connectivity index (χ4n) is 5.30. The summed E-state index contributed by atoms with van der Waals surface area (Å²) in [6.07, 6.45) is 6.32. The number of benzene rings is 1. The van der Waals surface area contributed by atoms with Gasteiger partial charge in [0, 0.05) is 57.4 Å². The summed E-state index contributed by atoms with van der Waals surface area (Å²) in [7, 11) is 0. The molecule has 9 heteroatoms. The number of aryl methyl sites for hydroxylation is 1. The van der Waals surface area contributed by atoms with Gasteiger partial charge < -0.3 is 14.7 Å². The second kappa shape index (κ2) is 10.6. The maximum atomic E-state index is 14.1. The highest BCUT2D eigenvalue weighted by Gasteiger charge is 2.24. The fraction of sp³-hybridized carbons (Fsp3) is 0.481. The van der Waals surface area contributed by atoms with Crippen LogP contribution in [0.2, 0.25) is 0 Å². The molecular weight excluding hydrogens is 457 g/mol. The molecule has 36 heavy (non-hydrogen) atoms. The number of carbonyl (C=O) groups excluding carboxylic acids is 1. The van der Waals surface area contributed by atoms with Crippen molar-refractivity contribution in [2.45, 2.75) is 46.0 Å². The Morgan fingerprint density at radius 3 is 2.39 bits per heavy atom. The highest BCUT2D eigenvalue weighted by atomic mass is 19.1. The van der Waals surface area contributed by atoms with Gasteiger partial charge in [0.1, 0.15) is 18.0 Å². The minimum Gasteiger partial charge on any atom is -0.366 e. The van der Waals surface area contributed by atoms with Crippen molar-refractivity contribution in [3.05, 3.63) is 59.4 Å². The van der Waals surface area contributed by atoms with Crippen molar-refractivity contribution in [1.29, 1.82) is 0 Å². The van der Waals surface area contributed by atoms with Gasteiger partial charge in [-0.3, -0.25) is 4.79 Å². The Morgan fingerprint density at radius 2 is 1.64 bits per heavy atom. The molecule has 3 aromatic rings. The fourth-order valence-corrected chi connectivity index (χ4v) is 5.30. The van der Waals surface area contributed by atoms with Crippen LogP contribution in [0.25, 0.3) is 5.82 Å². The molecule has 5 rings (SSSR count). The maximum absolute atomic E-state index is 14.1. The van der Waals surface area contributed by atoms with Crippen LogP contribution >= 0.6 is 0 Å². The van der Waals surface area contributed by atoms with Crippen LogP contribution in [0.1, 0.15) is 42.6 Å². The first kappa shape index (κ1) is 24.2. The zero-order valence-electron chi connectivity index (χ0n) is 21.2. The average molecular weight is 492 g/mol. The lowest BCUT2D eigenvalue weighted by Crippen LogP contribution is -2.49.